The molecular weight excluding hydrogens is 138 g/mol. The molecule has 0 amide bonds. The lowest BCUT2D eigenvalue weighted by Gasteiger charge is -2.31. The van der Waals surface area contributed by atoms with Gasteiger partial charge in [-0.3, -0.25) is 0 Å². The van der Waals surface area contributed by atoms with E-state index in [0.717, 1.165) is 5.92 Å². The van der Waals surface area contributed by atoms with Gasteiger partial charge in [0.2, 0.25) is 0 Å². The fourth-order valence-electron chi connectivity index (χ4n) is 2.95. The van der Waals surface area contributed by atoms with Crippen molar-refractivity contribution >= 4 is 0 Å². The summed E-state index contributed by atoms with van der Waals surface area (Å²) in [6.07, 6.45) is 6.52. The first-order valence-electron chi connectivity index (χ1n) is 4.63. The van der Waals surface area contributed by atoms with E-state index in [9.17, 15) is 0 Å². The Balaban J connectivity index is 2.09. The summed E-state index contributed by atoms with van der Waals surface area (Å²) in [6.45, 7) is 0.173. The topological polar surface area (TPSA) is 46.2 Å². The Hall–Kier alpha value is -0.0800. The highest BCUT2D eigenvalue weighted by molar-refractivity contribution is 5.01. The molecule has 2 heteroatoms. The standard InChI is InChI=1S/C9H17NO/c10-8(6-11)9-3-1-7(5-9)2-4-9/h7-8,11H,1-6,10H2. The summed E-state index contributed by atoms with van der Waals surface area (Å²) in [4.78, 5) is 0. The highest BCUT2D eigenvalue weighted by atomic mass is 16.3. The van der Waals surface area contributed by atoms with Crippen LogP contribution in [-0.2, 0) is 0 Å². The average Bonchev–Trinajstić information content (AvgIpc) is 2.62. The molecule has 2 aliphatic carbocycles. The molecule has 3 N–H and O–H groups in total. The van der Waals surface area contributed by atoms with Crippen LogP contribution in [0.3, 0.4) is 0 Å². The minimum absolute atomic E-state index is 0.0509. The molecule has 0 spiro atoms. The van der Waals surface area contributed by atoms with Gasteiger partial charge in [0.25, 0.3) is 0 Å². The summed E-state index contributed by atoms with van der Waals surface area (Å²) in [5.74, 6) is 0.938. The highest BCUT2D eigenvalue weighted by Gasteiger charge is 2.47. The van der Waals surface area contributed by atoms with Crippen molar-refractivity contribution in [3.8, 4) is 0 Å². The molecule has 0 radical (unpaired) electrons. The van der Waals surface area contributed by atoms with E-state index in [1.807, 2.05) is 0 Å². The number of hydrogen-bond acceptors (Lipinski definition) is 2. The van der Waals surface area contributed by atoms with Gasteiger partial charge < -0.3 is 10.8 Å². The molecule has 2 fully saturated rings. The largest absolute Gasteiger partial charge is 0.395 e. The second-order valence-electron chi connectivity index (χ2n) is 4.30. The Labute approximate surface area is 67.8 Å². The van der Waals surface area contributed by atoms with Crippen LogP contribution >= 0.6 is 0 Å². The first-order valence-corrected chi connectivity index (χ1v) is 4.63. The minimum Gasteiger partial charge on any atom is -0.395 e. The first-order chi connectivity index (χ1) is 5.27. The Morgan fingerprint density at radius 3 is 2.45 bits per heavy atom. The number of rotatable bonds is 2. The number of fused-ring (bicyclic) bond motifs is 2. The van der Waals surface area contributed by atoms with Crippen molar-refractivity contribution < 1.29 is 5.11 Å². The molecule has 0 aromatic heterocycles. The summed E-state index contributed by atoms with van der Waals surface area (Å²) < 4.78 is 0. The molecular formula is C9H17NO. The van der Waals surface area contributed by atoms with Gasteiger partial charge in [0.1, 0.15) is 0 Å². The Morgan fingerprint density at radius 1 is 1.45 bits per heavy atom. The molecule has 1 atom stereocenters. The third-order valence-corrected chi connectivity index (χ3v) is 3.78. The maximum Gasteiger partial charge on any atom is 0.0587 e. The van der Waals surface area contributed by atoms with Gasteiger partial charge in [0.05, 0.1) is 6.61 Å². The van der Waals surface area contributed by atoms with Gasteiger partial charge in [0, 0.05) is 6.04 Å². The second kappa shape index (κ2) is 2.46. The molecule has 1 unspecified atom stereocenters. The third kappa shape index (κ3) is 1.00. The van der Waals surface area contributed by atoms with E-state index >= 15 is 0 Å². The van der Waals surface area contributed by atoms with Crippen molar-refractivity contribution in [1.82, 2.24) is 0 Å². The monoisotopic (exact) mass is 155 g/mol. The molecule has 2 saturated carbocycles. The summed E-state index contributed by atoms with van der Waals surface area (Å²) in [6, 6.07) is 0.0509. The first kappa shape index (κ1) is 7.56. The summed E-state index contributed by atoms with van der Waals surface area (Å²) in [7, 11) is 0. The predicted octanol–water partition coefficient (Wildman–Crippen LogP) is 0.886. The van der Waals surface area contributed by atoms with Crippen LogP contribution in [0.2, 0.25) is 0 Å². The van der Waals surface area contributed by atoms with E-state index in [0.29, 0.717) is 5.41 Å². The van der Waals surface area contributed by atoms with Gasteiger partial charge >= 0.3 is 0 Å². The van der Waals surface area contributed by atoms with Crippen molar-refractivity contribution in [2.24, 2.45) is 17.1 Å². The molecule has 0 saturated heterocycles. The van der Waals surface area contributed by atoms with Gasteiger partial charge in [-0.1, -0.05) is 0 Å². The SMILES string of the molecule is NC(CO)C12CCC(CC1)C2. The molecule has 2 aliphatic rings. The van der Waals surface area contributed by atoms with Crippen LogP contribution in [0.15, 0.2) is 0 Å². The predicted molar refractivity (Wildman–Crippen MR) is 44.1 cm³/mol. The number of aliphatic hydroxyl groups excluding tert-OH is 1. The molecule has 2 nitrogen and oxygen atoms in total. The molecule has 64 valence electrons. The van der Waals surface area contributed by atoms with Crippen molar-refractivity contribution in [1.29, 1.82) is 0 Å². The van der Waals surface area contributed by atoms with Crippen LogP contribution in [0.1, 0.15) is 32.1 Å². The van der Waals surface area contributed by atoms with E-state index < -0.39 is 0 Å². The zero-order chi connectivity index (χ0) is 7.90. The van der Waals surface area contributed by atoms with E-state index in [1.54, 1.807) is 0 Å². The van der Waals surface area contributed by atoms with Crippen LogP contribution in [0.4, 0.5) is 0 Å². The van der Waals surface area contributed by atoms with Gasteiger partial charge in [-0.05, 0) is 43.4 Å². The number of hydrogen-bond donors (Lipinski definition) is 2. The van der Waals surface area contributed by atoms with Crippen LogP contribution in [-0.4, -0.2) is 17.8 Å². The zero-order valence-corrected chi connectivity index (χ0v) is 6.92. The van der Waals surface area contributed by atoms with Gasteiger partial charge in [-0.2, -0.15) is 0 Å². The molecule has 11 heavy (non-hydrogen) atoms. The lowest BCUT2D eigenvalue weighted by molar-refractivity contribution is 0.150. The molecule has 0 aromatic carbocycles. The summed E-state index contributed by atoms with van der Waals surface area (Å²) in [5.41, 5.74) is 6.25. The summed E-state index contributed by atoms with van der Waals surface area (Å²) in [5, 5.41) is 8.99. The normalized spacial score (nSPS) is 44.7. The van der Waals surface area contributed by atoms with E-state index in [2.05, 4.69) is 0 Å². The fraction of sp³-hybridized carbons (Fsp3) is 1.00. The smallest absolute Gasteiger partial charge is 0.0587 e. The Morgan fingerprint density at radius 2 is 2.09 bits per heavy atom. The van der Waals surface area contributed by atoms with Crippen molar-refractivity contribution in [3.63, 3.8) is 0 Å². The van der Waals surface area contributed by atoms with Crippen molar-refractivity contribution in [2.75, 3.05) is 6.61 Å². The maximum absolute atomic E-state index is 8.99. The highest BCUT2D eigenvalue weighted by Crippen LogP contribution is 2.55. The zero-order valence-electron chi connectivity index (χ0n) is 6.92. The minimum atomic E-state index is 0.0509. The van der Waals surface area contributed by atoms with E-state index in [1.165, 1.54) is 32.1 Å². The average molecular weight is 155 g/mol. The number of nitrogens with two attached hydrogens (primary N) is 1. The van der Waals surface area contributed by atoms with Gasteiger partial charge in [-0.25, -0.2) is 0 Å². The van der Waals surface area contributed by atoms with Crippen LogP contribution in [0.25, 0.3) is 0 Å². The van der Waals surface area contributed by atoms with E-state index in [-0.39, 0.29) is 12.6 Å². The number of aliphatic hydroxyl groups is 1. The van der Waals surface area contributed by atoms with Gasteiger partial charge in [-0.15, -0.1) is 0 Å². The Bertz CT molecular complexity index is 150. The lowest BCUT2D eigenvalue weighted by atomic mass is 9.78. The van der Waals surface area contributed by atoms with Crippen molar-refractivity contribution in [2.45, 2.75) is 38.1 Å². The summed E-state index contributed by atoms with van der Waals surface area (Å²) >= 11 is 0. The Kier molecular flexibility index (Phi) is 1.69. The van der Waals surface area contributed by atoms with Crippen LogP contribution in [0, 0.1) is 11.3 Å². The third-order valence-electron chi connectivity index (χ3n) is 3.78. The molecule has 0 aliphatic heterocycles. The molecule has 2 bridgehead atoms. The lowest BCUT2D eigenvalue weighted by Crippen LogP contribution is -2.41. The van der Waals surface area contributed by atoms with E-state index in [4.69, 9.17) is 10.8 Å². The van der Waals surface area contributed by atoms with Crippen molar-refractivity contribution in [3.05, 3.63) is 0 Å². The second-order valence-corrected chi connectivity index (χ2v) is 4.30. The molecule has 2 rings (SSSR count). The van der Waals surface area contributed by atoms with Gasteiger partial charge in [0.15, 0.2) is 0 Å². The maximum atomic E-state index is 8.99. The quantitative estimate of drug-likeness (QED) is 0.622. The molecule has 0 heterocycles. The fourth-order valence-corrected chi connectivity index (χ4v) is 2.95. The van der Waals surface area contributed by atoms with Crippen LogP contribution in [0.5, 0.6) is 0 Å². The van der Waals surface area contributed by atoms with Crippen LogP contribution < -0.4 is 5.73 Å². The molecule has 0 aromatic rings.